The first kappa shape index (κ1) is 23.5. The molecule has 4 aromatic rings. The van der Waals surface area contributed by atoms with E-state index in [1.807, 2.05) is 0 Å². The van der Waals surface area contributed by atoms with Crippen LogP contribution in [0.3, 0.4) is 0 Å². The quantitative estimate of drug-likeness (QED) is 0.278. The van der Waals surface area contributed by atoms with E-state index >= 15 is 0 Å². The summed E-state index contributed by atoms with van der Waals surface area (Å²) in [7, 11) is -3.99. The van der Waals surface area contributed by atoms with Crippen molar-refractivity contribution in [3.63, 3.8) is 0 Å². The summed E-state index contributed by atoms with van der Waals surface area (Å²) >= 11 is 11.9. The van der Waals surface area contributed by atoms with Crippen LogP contribution in [0.25, 0.3) is 5.69 Å². The summed E-state index contributed by atoms with van der Waals surface area (Å²) in [5.74, 6) is -0.896. The molecule has 0 unspecified atom stereocenters. The Kier molecular flexibility index (Phi) is 6.43. The number of nitrogens with zero attached hydrogens (tertiary/aromatic N) is 1. The van der Waals surface area contributed by atoms with Crippen LogP contribution < -0.4 is 10.0 Å². The van der Waals surface area contributed by atoms with E-state index in [1.54, 1.807) is 24.3 Å². The zero-order valence-corrected chi connectivity index (χ0v) is 19.6. The lowest BCUT2D eigenvalue weighted by atomic mass is 10.1. The molecule has 0 atom stereocenters. The van der Waals surface area contributed by atoms with E-state index in [2.05, 4.69) is 10.0 Å². The van der Waals surface area contributed by atoms with Gasteiger partial charge >= 0.3 is 0 Å². The van der Waals surface area contributed by atoms with Crippen LogP contribution >= 0.6 is 23.2 Å². The predicted molar refractivity (Wildman–Crippen MR) is 131 cm³/mol. The van der Waals surface area contributed by atoms with Crippen molar-refractivity contribution in [2.75, 3.05) is 10.0 Å². The maximum atomic E-state index is 13.0. The van der Waals surface area contributed by atoms with Crippen LogP contribution in [0.1, 0.15) is 10.4 Å². The normalized spacial score (nSPS) is 11.2. The summed E-state index contributed by atoms with van der Waals surface area (Å²) in [6.45, 7) is 0. The van der Waals surface area contributed by atoms with E-state index in [0.29, 0.717) is 16.4 Å². The monoisotopic (exact) mass is 517 g/mol. The Labute approximate surface area is 205 Å². The van der Waals surface area contributed by atoms with Crippen LogP contribution in [0, 0.1) is 0 Å². The molecule has 0 aliphatic carbocycles. The molecule has 11 heteroatoms. The zero-order valence-electron chi connectivity index (χ0n) is 17.2. The highest BCUT2D eigenvalue weighted by atomic mass is 35.5. The lowest BCUT2D eigenvalue weighted by molar-refractivity contribution is 0.102. The summed E-state index contributed by atoms with van der Waals surface area (Å²) in [6.07, 6.45) is 0. The van der Waals surface area contributed by atoms with Crippen molar-refractivity contribution in [1.29, 1.82) is 0 Å². The van der Waals surface area contributed by atoms with Crippen LogP contribution in [0.5, 0.6) is 11.8 Å². The molecular weight excluding hydrogens is 501 g/mol. The van der Waals surface area contributed by atoms with Gasteiger partial charge in [-0.25, -0.2) is 8.42 Å². The Balaban J connectivity index is 1.58. The molecule has 0 saturated heterocycles. The molecule has 0 aliphatic heterocycles. The van der Waals surface area contributed by atoms with Gasteiger partial charge in [0.2, 0.25) is 0 Å². The Bertz CT molecular complexity index is 1450. The van der Waals surface area contributed by atoms with Gasteiger partial charge in [0, 0.05) is 27.9 Å². The highest BCUT2D eigenvalue weighted by Crippen LogP contribution is 2.28. The minimum atomic E-state index is -3.99. The highest BCUT2D eigenvalue weighted by Gasteiger charge is 2.20. The molecule has 4 rings (SSSR count). The fraction of sp³-hybridized carbons (Fsp3) is 0. The van der Waals surface area contributed by atoms with Gasteiger partial charge in [-0.1, -0.05) is 23.2 Å². The third kappa shape index (κ3) is 4.96. The first-order chi connectivity index (χ1) is 16.1. The molecule has 34 heavy (non-hydrogen) atoms. The molecule has 0 fully saturated rings. The Morgan fingerprint density at radius 1 is 0.794 bits per heavy atom. The number of hydrogen-bond acceptors (Lipinski definition) is 5. The smallest absolute Gasteiger partial charge is 0.261 e. The first-order valence-corrected chi connectivity index (χ1v) is 12.0. The number of carbonyl (C=O) groups excluding carboxylic acids is 1. The number of aromatic hydroxyl groups is 2. The summed E-state index contributed by atoms with van der Waals surface area (Å²) in [5, 5.41) is 23.0. The summed E-state index contributed by atoms with van der Waals surface area (Å²) in [4.78, 5) is 12.9. The van der Waals surface area contributed by atoms with Crippen molar-refractivity contribution < 1.29 is 23.4 Å². The van der Waals surface area contributed by atoms with Gasteiger partial charge in [0.05, 0.1) is 21.8 Å². The average Bonchev–Trinajstić information content (AvgIpc) is 3.13. The van der Waals surface area contributed by atoms with Gasteiger partial charge in [-0.05, 0) is 66.7 Å². The van der Waals surface area contributed by atoms with Crippen molar-refractivity contribution in [3.05, 3.63) is 94.5 Å². The lowest BCUT2D eigenvalue weighted by Crippen LogP contribution is -2.18. The minimum absolute atomic E-state index is 0.00909. The molecule has 1 amide bonds. The van der Waals surface area contributed by atoms with Crippen molar-refractivity contribution in [3.8, 4) is 17.4 Å². The molecule has 1 heterocycles. The SMILES string of the molecule is O=C(Nc1ccc(-n2c(O)ccc2O)cc1)c1cc(Cl)ccc1NS(=O)(=O)c1ccc(Cl)cc1. The van der Waals surface area contributed by atoms with Gasteiger partial charge in [0.25, 0.3) is 15.9 Å². The predicted octanol–water partition coefficient (Wildman–Crippen LogP) is 5.25. The molecule has 4 N–H and O–H groups in total. The first-order valence-electron chi connectivity index (χ1n) is 9.73. The van der Waals surface area contributed by atoms with Crippen LogP contribution in [0.15, 0.2) is 83.8 Å². The van der Waals surface area contributed by atoms with Gasteiger partial charge in [-0.15, -0.1) is 0 Å². The molecule has 0 aliphatic rings. The largest absolute Gasteiger partial charge is 0.494 e. The molecule has 0 saturated carbocycles. The molecule has 3 aromatic carbocycles. The average molecular weight is 518 g/mol. The lowest BCUT2D eigenvalue weighted by Gasteiger charge is -2.14. The van der Waals surface area contributed by atoms with Gasteiger partial charge in [-0.3, -0.25) is 14.1 Å². The number of halogens is 2. The van der Waals surface area contributed by atoms with E-state index in [9.17, 15) is 23.4 Å². The fourth-order valence-corrected chi connectivity index (χ4v) is 4.56. The topological polar surface area (TPSA) is 121 Å². The fourth-order valence-electron chi connectivity index (χ4n) is 3.18. The maximum Gasteiger partial charge on any atom is 0.261 e. The number of carbonyl (C=O) groups is 1. The number of aromatic nitrogens is 1. The van der Waals surface area contributed by atoms with Crippen LogP contribution in [0.4, 0.5) is 11.4 Å². The van der Waals surface area contributed by atoms with Crippen molar-refractivity contribution in [1.82, 2.24) is 4.57 Å². The Morgan fingerprint density at radius 2 is 1.38 bits per heavy atom. The number of hydrogen-bond donors (Lipinski definition) is 4. The van der Waals surface area contributed by atoms with Gasteiger partial charge in [-0.2, -0.15) is 0 Å². The second-order valence-electron chi connectivity index (χ2n) is 7.14. The van der Waals surface area contributed by atoms with Crippen LogP contribution in [-0.4, -0.2) is 29.1 Å². The number of amides is 1. The maximum absolute atomic E-state index is 13.0. The summed E-state index contributed by atoms with van der Waals surface area (Å²) in [6, 6.07) is 18.8. The van der Waals surface area contributed by atoms with E-state index in [0.717, 1.165) is 0 Å². The van der Waals surface area contributed by atoms with Gasteiger partial charge < -0.3 is 15.5 Å². The molecular formula is C23H17Cl2N3O5S. The standard InChI is InChI=1S/C23H17Cl2N3O5S/c24-14-1-8-18(9-2-14)34(32,33)27-20-10-3-15(25)13-19(20)23(31)26-16-4-6-17(7-5-16)28-21(29)11-12-22(28)30/h1-13,27,29-30H,(H,26,31). The molecule has 0 spiro atoms. The third-order valence-electron chi connectivity index (χ3n) is 4.82. The van der Waals surface area contributed by atoms with Gasteiger partial charge in [0.15, 0.2) is 11.8 Å². The Hall–Kier alpha value is -3.66. The minimum Gasteiger partial charge on any atom is -0.494 e. The second-order valence-corrected chi connectivity index (χ2v) is 9.69. The second kappa shape index (κ2) is 9.30. The molecule has 174 valence electrons. The number of nitrogens with one attached hydrogen (secondary N) is 2. The van der Waals surface area contributed by atoms with E-state index in [-0.39, 0.29) is 32.9 Å². The number of rotatable bonds is 6. The summed E-state index contributed by atoms with van der Waals surface area (Å²) in [5.41, 5.74) is 0.911. The zero-order chi connectivity index (χ0) is 24.5. The molecule has 1 aromatic heterocycles. The Morgan fingerprint density at radius 3 is 2.00 bits per heavy atom. The molecule has 0 radical (unpaired) electrons. The van der Waals surface area contributed by atoms with Crippen LogP contribution in [-0.2, 0) is 10.0 Å². The summed E-state index contributed by atoms with van der Waals surface area (Å²) < 4.78 is 29.2. The molecule has 8 nitrogen and oxygen atoms in total. The van der Waals surface area contributed by atoms with Crippen molar-refractivity contribution >= 4 is 50.5 Å². The molecule has 0 bridgehead atoms. The number of anilines is 2. The van der Waals surface area contributed by atoms with Crippen molar-refractivity contribution in [2.24, 2.45) is 0 Å². The van der Waals surface area contributed by atoms with Crippen molar-refractivity contribution in [2.45, 2.75) is 4.90 Å². The van der Waals surface area contributed by atoms with Crippen LogP contribution in [0.2, 0.25) is 10.0 Å². The van der Waals surface area contributed by atoms with Gasteiger partial charge in [0.1, 0.15) is 0 Å². The highest BCUT2D eigenvalue weighted by molar-refractivity contribution is 7.92. The third-order valence-corrected chi connectivity index (χ3v) is 6.69. The number of benzene rings is 3. The van der Waals surface area contributed by atoms with E-state index in [4.69, 9.17) is 23.2 Å². The number of sulfonamides is 1. The van der Waals surface area contributed by atoms with E-state index in [1.165, 1.54) is 59.2 Å². The van der Waals surface area contributed by atoms with E-state index < -0.39 is 15.9 Å².